The number of unbranched alkanes of at least 4 members (excludes halogenated alkanes) is 42. The summed E-state index contributed by atoms with van der Waals surface area (Å²) in [7, 11) is 0. The number of carbonyl (C=O) groups excluding carboxylic acids is 3. The fraction of sp³-hybridized carbons (Fsp3) is 0.947. The number of ether oxygens (including phenoxy) is 3. The topological polar surface area (TPSA) is 78.9 Å². The van der Waals surface area contributed by atoms with Gasteiger partial charge < -0.3 is 14.2 Å². The van der Waals surface area contributed by atoms with E-state index in [4.69, 9.17) is 14.2 Å². The van der Waals surface area contributed by atoms with Crippen LogP contribution in [0.25, 0.3) is 0 Å². The van der Waals surface area contributed by atoms with Crippen LogP contribution in [0.5, 0.6) is 0 Å². The molecule has 0 fully saturated rings. The van der Waals surface area contributed by atoms with E-state index in [1.807, 2.05) is 0 Å². The summed E-state index contributed by atoms with van der Waals surface area (Å²) >= 11 is 0. The van der Waals surface area contributed by atoms with Gasteiger partial charge in [-0.05, 0) is 19.3 Å². The highest BCUT2D eigenvalue weighted by Gasteiger charge is 2.19. The third kappa shape index (κ3) is 51.3. The number of hydrogen-bond donors (Lipinski definition) is 0. The van der Waals surface area contributed by atoms with Crippen LogP contribution in [0.4, 0.5) is 0 Å². The minimum atomic E-state index is -0.760. The first-order valence-corrected chi connectivity index (χ1v) is 28.5. The van der Waals surface area contributed by atoms with Crippen LogP contribution in [0.15, 0.2) is 0 Å². The average molecular weight is 892 g/mol. The molecule has 0 aliphatic carbocycles. The Labute approximate surface area is 393 Å². The highest BCUT2D eigenvalue weighted by atomic mass is 16.6. The third-order valence-electron chi connectivity index (χ3n) is 13.1. The lowest BCUT2D eigenvalue weighted by molar-refractivity contribution is -0.167. The fourth-order valence-corrected chi connectivity index (χ4v) is 8.80. The molecule has 63 heavy (non-hydrogen) atoms. The number of carbonyl (C=O) groups is 3. The molecule has 0 saturated carbocycles. The van der Waals surface area contributed by atoms with E-state index < -0.39 is 6.10 Å². The van der Waals surface area contributed by atoms with Crippen molar-refractivity contribution in [1.29, 1.82) is 0 Å². The molecule has 0 unspecified atom stereocenters. The summed E-state index contributed by atoms with van der Waals surface area (Å²) in [5.41, 5.74) is 0. The second kappa shape index (κ2) is 53.0. The first kappa shape index (κ1) is 61.4. The van der Waals surface area contributed by atoms with Gasteiger partial charge in [-0.2, -0.15) is 0 Å². The monoisotopic (exact) mass is 891 g/mol. The maximum absolute atomic E-state index is 12.8. The average Bonchev–Trinajstić information content (AvgIpc) is 3.28. The van der Waals surface area contributed by atoms with Gasteiger partial charge in [-0.3, -0.25) is 14.4 Å². The van der Waals surface area contributed by atoms with Crippen molar-refractivity contribution in [2.75, 3.05) is 13.2 Å². The molecule has 6 heteroatoms. The maximum Gasteiger partial charge on any atom is 0.306 e. The minimum Gasteiger partial charge on any atom is -0.462 e. The Kier molecular flexibility index (Phi) is 51.7. The first-order chi connectivity index (χ1) is 31.0. The lowest BCUT2D eigenvalue weighted by Gasteiger charge is -2.18. The molecule has 0 bridgehead atoms. The van der Waals surface area contributed by atoms with E-state index in [1.165, 1.54) is 231 Å². The fourth-order valence-electron chi connectivity index (χ4n) is 8.80. The van der Waals surface area contributed by atoms with Crippen molar-refractivity contribution in [2.45, 2.75) is 335 Å². The highest BCUT2D eigenvalue weighted by Crippen LogP contribution is 2.18. The summed E-state index contributed by atoms with van der Waals surface area (Å²) in [6, 6.07) is 0. The van der Waals surface area contributed by atoms with Crippen LogP contribution in [0.3, 0.4) is 0 Å². The molecular formula is C57H110O6. The van der Waals surface area contributed by atoms with Gasteiger partial charge in [-0.25, -0.2) is 0 Å². The standard InChI is InChI=1S/C57H110O6/c1-4-7-10-13-16-19-22-25-27-28-29-30-31-33-35-38-41-44-47-50-56(59)62-53-54(52-61-55(58)49-46-43-40-37-34-24-21-18-15-12-9-6-3)63-57(60)51-48-45-42-39-36-32-26-23-20-17-14-11-8-5-2/h54H,4-53H2,1-3H3/t54-/m0/s1. The molecule has 0 rings (SSSR count). The minimum absolute atomic E-state index is 0.0612. The molecular weight excluding hydrogens is 781 g/mol. The molecule has 0 saturated heterocycles. The van der Waals surface area contributed by atoms with Crippen molar-refractivity contribution in [1.82, 2.24) is 0 Å². The van der Waals surface area contributed by atoms with Crippen molar-refractivity contribution in [3.8, 4) is 0 Å². The van der Waals surface area contributed by atoms with E-state index in [0.717, 1.165) is 57.8 Å². The van der Waals surface area contributed by atoms with Crippen LogP contribution in [0.2, 0.25) is 0 Å². The zero-order valence-electron chi connectivity index (χ0n) is 42.9. The lowest BCUT2D eigenvalue weighted by atomic mass is 10.0. The molecule has 0 aliphatic heterocycles. The van der Waals surface area contributed by atoms with Crippen LogP contribution in [-0.2, 0) is 28.6 Å². The largest absolute Gasteiger partial charge is 0.462 e. The third-order valence-corrected chi connectivity index (χ3v) is 13.1. The zero-order valence-corrected chi connectivity index (χ0v) is 42.9. The van der Waals surface area contributed by atoms with Crippen LogP contribution >= 0.6 is 0 Å². The molecule has 0 spiro atoms. The van der Waals surface area contributed by atoms with Gasteiger partial charge in [0.15, 0.2) is 6.10 Å². The van der Waals surface area contributed by atoms with E-state index >= 15 is 0 Å². The number of hydrogen-bond acceptors (Lipinski definition) is 6. The predicted molar refractivity (Wildman–Crippen MR) is 270 cm³/mol. The smallest absolute Gasteiger partial charge is 0.306 e. The molecule has 0 amide bonds. The normalized spacial score (nSPS) is 11.9. The van der Waals surface area contributed by atoms with Gasteiger partial charge in [0.2, 0.25) is 0 Å². The summed E-state index contributed by atoms with van der Waals surface area (Å²) in [5, 5.41) is 0. The molecule has 374 valence electrons. The summed E-state index contributed by atoms with van der Waals surface area (Å²) in [5.74, 6) is -0.834. The second-order valence-electron chi connectivity index (χ2n) is 19.6. The predicted octanol–water partition coefficient (Wildman–Crippen LogP) is 18.8. The Hall–Kier alpha value is -1.59. The van der Waals surface area contributed by atoms with Crippen molar-refractivity contribution in [3.63, 3.8) is 0 Å². The van der Waals surface area contributed by atoms with E-state index in [2.05, 4.69) is 20.8 Å². The van der Waals surface area contributed by atoms with Crippen molar-refractivity contribution in [2.24, 2.45) is 0 Å². The van der Waals surface area contributed by atoms with Crippen molar-refractivity contribution in [3.05, 3.63) is 0 Å². The Bertz CT molecular complexity index is 936. The van der Waals surface area contributed by atoms with Gasteiger partial charge in [0.1, 0.15) is 13.2 Å². The SMILES string of the molecule is CCCCCCCCCCCCCCCCCCCCCC(=O)OC[C@H](COC(=O)CCCCCCCCCCCCCC)OC(=O)CCCCCCCCCCCCCCCC. The second-order valence-corrected chi connectivity index (χ2v) is 19.6. The molecule has 0 heterocycles. The Morgan fingerprint density at radius 1 is 0.254 bits per heavy atom. The first-order valence-electron chi connectivity index (χ1n) is 28.5. The molecule has 0 aromatic rings. The molecule has 0 radical (unpaired) electrons. The van der Waals surface area contributed by atoms with Crippen molar-refractivity contribution >= 4 is 17.9 Å². The molecule has 0 aromatic heterocycles. The molecule has 0 N–H and O–H groups in total. The van der Waals surface area contributed by atoms with Gasteiger partial charge in [-0.1, -0.05) is 290 Å². The van der Waals surface area contributed by atoms with Crippen LogP contribution in [0, 0.1) is 0 Å². The molecule has 1 atom stereocenters. The summed E-state index contributed by atoms with van der Waals surface area (Å²) < 4.78 is 16.9. The van der Waals surface area contributed by atoms with Gasteiger partial charge in [0.05, 0.1) is 0 Å². The van der Waals surface area contributed by atoms with Gasteiger partial charge in [0.25, 0.3) is 0 Å². The van der Waals surface area contributed by atoms with Gasteiger partial charge in [-0.15, -0.1) is 0 Å². The molecule has 6 nitrogen and oxygen atoms in total. The highest BCUT2D eigenvalue weighted by molar-refractivity contribution is 5.71. The van der Waals surface area contributed by atoms with E-state index in [9.17, 15) is 14.4 Å². The van der Waals surface area contributed by atoms with E-state index in [-0.39, 0.29) is 31.1 Å². The van der Waals surface area contributed by atoms with E-state index in [1.54, 1.807) is 0 Å². The Morgan fingerprint density at radius 3 is 0.635 bits per heavy atom. The van der Waals surface area contributed by atoms with Crippen LogP contribution < -0.4 is 0 Å². The Balaban J connectivity index is 4.25. The van der Waals surface area contributed by atoms with Gasteiger partial charge >= 0.3 is 17.9 Å². The zero-order chi connectivity index (χ0) is 45.8. The summed E-state index contributed by atoms with van der Waals surface area (Å²) in [6.45, 7) is 6.70. The van der Waals surface area contributed by atoms with Crippen LogP contribution in [-0.4, -0.2) is 37.2 Å². The van der Waals surface area contributed by atoms with Crippen LogP contribution in [0.1, 0.15) is 329 Å². The molecule has 0 aromatic carbocycles. The summed E-state index contributed by atoms with van der Waals surface area (Å²) in [4.78, 5) is 38.1. The molecule has 0 aliphatic rings. The maximum atomic E-state index is 12.8. The lowest BCUT2D eigenvalue weighted by Crippen LogP contribution is -2.30. The number of esters is 3. The number of rotatable bonds is 53. The van der Waals surface area contributed by atoms with E-state index in [0.29, 0.717) is 19.3 Å². The van der Waals surface area contributed by atoms with Crippen molar-refractivity contribution < 1.29 is 28.6 Å². The summed E-state index contributed by atoms with van der Waals surface area (Å²) in [6.07, 6.45) is 58.0. The quantitative estimate of drug-likeness (QED) is 0.0344. The Morgan fingerprint density at radius 2 is 0.429 bits per heavy atom. The van der Waals surface area contributed by atoms with Gasteiger partial charge in [0, 0.05) is 19.3 Å².